The van der Waals surface area contributed by atoms with Crippen LogP contribution in [-0.2, 0) is 16.4 Å². The molecule has 0 aliphatic carbocycles. The van der Waals surface area contributed by atoms with Crippen molar-refractivity contribution in [3.63, 3.8) is 0 Å². The van der Waals surface area contributed by atoms with Gasteiger partial charge in [0.2, 0.25) is 0 Å². The first-order chi connectivity index (χ1) is 15.4. The quantitative estimate of drug-likeness (QED) is 0.542. The third-order valence-corrected chi connectivity index (χ3v) is 7.25. The van der Waals surface area contributed by atoms with Gasteiger partial charge in [-0.3, -0.25) is 9.59 Å². The Morgan fingerprint density at radius 2 is 1.91 bits per heavy atom. The van der Waals surface area contributed by atoms with Gasteiger partial charge in [0.15, 0.2) is 21.0 Å². The van der Waals surface area contributed by atoms with Gasteiger partial charge in [0.1, 0.15) is 11.3 Å². The third kappa shape index (κ3) is 4.85. The van der Waals surface area contributed by atoms with Crippen LogP contribution in [0.15, 0.2) is 63.8 Å². The minimum absolute atomic E-state index is 0.0346. The first-order valence-corrected chi connectivity index (χ1v) is 12.4. The van der Waals surface area contributed by atoms with Gasteiger partial charge < -0.3 is 14.1 Å². The van der Waals surface area contributed by atoms with Crippen molar-refractivity contribution in [1.29, 1.82) is 0 Å². The molecular formula is C24H25NO6S. The van der Waals surface area contributed by atoms with Crippen LogP contribution >= 0.6 is 0 Å². The van der Waals surface area contributed by atoms with E-state index in [2.05, 4.69) is 0 Å². The Labute approximate surface area is 186 Å². The second-order valence-corrected chi connectivity index (χ2v) is 10.2. The van der Waals surface area contributed by atoms with Gasteiger partial charge in [-0.1, -0.05) is 31.2 Å². The molecule has 8 heteroatoms. The van der Waals surface area contributed by atoms with Crippen molar-refractivity contribution in [2.24, 2.45) is 0 Å². The van der Waals surface area contributed by atoms with Crippen molar-refractivity contribution in [2.75, 3.05) is 18.1 Å². The van der Waals surface area contributed by atoms with Crippen LogP contribution in [0.3, 0.4) is 0 Å². The van der Waals surface area contributed by atoms with E-state index in [0.717, 1.165) is 17.7 Å². The predicted molar refractivity (Wildman–Crippen MR) is 122 cm³/mol. The molecule has 2 heterocycles. The second kappa shape index (κ2) is 9.16. The number of ether oxygens (including phenoxy) is 1. The van der Waals surface area contributed by atoms with E-state index in [1.54, 1.807) is 24.3 Å². The van der Waals surface area contributed by atoms with Gasteiger partial charge in [-0.05, 0) is 42.7 Å². The molecule has 1 saturated heterocycles. The molecule has 0 saturated carbocycles. The summed E-state index contributed by atoms with van der Waals surface area (Å²) in [5.41, 5.74) is 0.834. The summed E-state index contributed by atoms with van der Waals surface area (Å²) in [5, 5.41) is 0.390. The molecule has 0 unspecified atom stereocenters. The highest BCUT2D eigenvalue weighted by molar-refractivity contribution is 7.91. The van der Waals surface area contributed by atoms with Crippen LogP contribution in [0.4, 0.5) is 0 Å². The van der Waals surface area contributed by atoms with E-state index >= 15 is 0 Å². The van der Waals surface area contributed by atoms with Gasteiger partial charge in [-0.25, -0.2) is 8.42 Å². The van der Waals surface area contributed by atoms with E-state index in [-0.39, 0.29) is 29.2 Å². The van der Waals surface area contributed by atoms with E-state index in [1.165, 1.54) is 11.0 Å². The average molecular weight is 456 g/mol. The number of amides is 1. The summed E-state index contributed by atoms with van der Waals surface area (Å²) in [6.07, 6.45) is 1.25. The maximum atomic E-state index is 13.4. The average Bonchev–Trinajstić information content (AvgIpc) is 3.15. The predicted octanol–water partition coefficient (Wildman–Crippen LogP) is 3.41. The number of carbonyl (C=O) groups excluding carboxylic acids is 1. The van der Waals surface area contributed by atoms with Crippen LogP contribution in [0.2, 0.25) is 0 Å². The molecule has 1 fully saturated rings. The summed E-state index contributed by atoms with van der Waals surface area (Å²) in [6.45, 7) is 2.84. The number of benzene rings is 2. The molecule has 0 radical (unpaired) electrons. The second-order valence-electron chi connectivity index (χ2n) is 7.95. The maximum Gasteiger partial charge on any atom is 0.290 e. The zero-order chi connectivity index (χ0) is 22.7. The standard InChI is InChI=1S/C24H25NO6S/c1-2-12-30-19-9-7-17(8-10-19)15-25(18-11-13-32(28,29)16-18)24(27)23-14-21(26)20-5-3-4-6-22(20)31-23/h3-10,14,18H,2,11-13,15-16H2,1H3/t18-/m0/s1. The summed E-state index contributed by atoms with van der Waals surface area (Å²) < 4.78 is 35.5. The van der Waals surface area contributed by atoms with E-state index < -0.39 is 21.8 Å². The maximum absolute atomic E-state index is 13.4. The third-order valence-electron chi connectivity index (χ3n) is 5.50. The lowest BCUT2D eigenvalue weighted by molar-refractivity contribution is 0.0648. The van der Waals surface area contributed by atoms with Crippen LogP contribution in [0.5, 0.6) is 5.75 Å². The Hall–Kier alpha value is -3.13. The number of sulfone groups is 1. The molecular weight excluding hydrogens is 430 g/mol. The summed E-state index contributed by atoms with van der Waals surface area (Å²) in [6, 6.07) is 14.8. The fourth-order valence-corrected chi connectivity index (χ4v) is 5.58. The first-order valence-electron chi connectivity index (χ1n) is 10.6. The highest BCUT2D eigenvalue weighted by atomic mass is 32.2. The zero-order valence-corrected chi connectivity index (χ0v) is 18.6. The number of hydrogen-bond donors (Lipinski definition) is 0. The molecule has 1 aliphatic heterocycles. The monoisotopic (exact) mass is 455 g/mol. The molecule has 0 bridgehead atoms. The van der Waals surface area contributed by atoms with E-state index in [9.17, 15) is 18.0 Å². The number of rotatable bonds is 7. The van der Waals surface area contributed by atoms with Gasteiger partial charge in [0.05, 0.1) is 23.5 Å². The summed E-state index contributed by atoms with van der Waals surface area (Å²) in [7, 11) is -3.21. The van der Waals surface area contributed by atoms with Gasteiger partial charge in [0, 0.05) is 18.7 Å². The molecule has 1 aliphatic rings. The van der Waals surface area contributed by atoms with Crippen molar-refractivity contribution >= 4 is 26.7 Å². The van der Waals surface area contributed by atoms with E-state index in [4.69, 9.17) is 9.15 Å². The van der Waals surface area contributed by atoms with E-state index in [0.29, 0.717) is 24.0 Å². The molecule has 0 spiro atoms. The molecule has 2 aromatic carbocycles. The number of para-hydroxylation sites is 1. The molecule has 168 valence electrons. The molecule has 1 amide bonds. The van der Waals surface area contributed by atoms with Crippen LogP contribution in [0.1, 0.15) is 35.9 Å². The Kier molecular flexibility index (Phi) is 6.32. The molecule has 1 atom stereocenters. The number of hydrogen-bond acceptors (Lipinski definition) is 6. The van der Waals surface area contributed by atoms with E-state index in [1.807, 2.05) is 31.2 Å². The lowest BCUT2D eigenvalue weighted by Gasteiger charge is -2.28. The topological polar surface area (TPSA) is 93.9 Å². The largest absolute Gasteiger partial charge is 0.494 e. The highest BCUT2D eigenvalue weighted by Crippen LogP contribution is 2.24. The normalized spacial score (nSPS) is 17.3. The summed E-state index contributed by atoms with van der Waals surface area (Å²) in [4.78, 5) is 27.4. The van der Waals surface area contributed by atoms with Crippen molar-refractivity contribution < 1.29 is 22.4 Å². The van der Waals surface area contributed by atoms with Crippen LogP contribution < -0.4 is 10.2 Å². The molecule has 4 rings (SSSR count). The van der Waals surface area contributed by atoms with Crippen molar-refractivity contribution in [1.82, 2.24) is 4.90 Å². The number of fused-ring (bicyclic) bond motifs is 1. The van der Waals surface area contributed by atoms with Gasteiger partial charge in [-0.2, -0.15) is 0 Å². The lowest BCUT2D eigenvalue weighted by atomic mass is 10.1. The minimum atomic E-state index is -3.21. The summed E-state index contributed by atoms with van der Waals surface area (Å²) >= 11 is 0. The Bertz CT molecular complexity index is 1280. The molecule has 32 heavy (non-hydrogen) atoms. The molecule has 3 aromatic rings. The van der Waals surface area contributed by atoms with Crippen LogP contribution in [-0.4, -0.2) is 43.4 Å². The minimum Gasteiger partial charge on any atom is -0.494 e. The number of carbonyl (C=O) groups is 1. The summed E-state index contributed by atoms with van der Waals surface area (Å²) in [5.74, 6) is 0.0702. The highest BCUT2D eigenvalue weighted by Gasteiger charge is 2.36. The number of nitrogens with zero attached hydrogens (tertiary/aromatic N) is 1. The first kappa shape index (κ1) is 22.1. The zero-order valence-electron chi connectivity index (χ0n) is 17.8. The van der Waals surface area contributed by atoms with Gasteiger partial charge in [0.25, 0.3) is 5.91 Å². The van der Waals surface area contributed by atoms with Gasteiger partial charge >= 0.3 is 0 Å². The molecule has 1 aromatic heterocycles. The van der Waals surface area contributed by atoms with Crippen LogP contribution in [0.25, 0.3) is 11.0 Å². The van der Waals surface area contributed by atoms with Crippen LogP contribution in [0, 0.1) is 0 Å². The SMILES string of the molecule is CCCOc1ccc(CN(C(=O)c2cc(=O)c3ccccc3o2)[C@H]2CCS(=O)(=O)C2)cc1. The Morgan fingerprint density at radius 3 is 2.59 bits per heavy atom. The van der Waals surface area contributed by atoms with Crippen molar-refractivity contribution in [3.8, 4) is 5.75 Å². The smallest absolute Gasteiger partial charge is 0.290 e. The van der Waals surface area contributed by atoms with Gasteiger partial charge in [-0.15, -0.1) is 0 Å². The van der Waals surface area contributed by atoms with Crippen molar-refractivity contribution in [3.05, 3.63) is 76.1 Å². The Balaban J connectivity index is 1.65. The lowest BCUT2D eigenvalue weighted by Crippen LogP contribution is -2.40. The molecule has 0 N–H and O–H groups in total. The van der Waals surface area contributed by atoms with Crippen molar-refractivity contribution in [2.45, 2.75) is 32.4 Å². The fraction of sp³-hybridized carbons (Fsp3) is 0.333. The fourth-order valence-electron chi connectivity index (χ4n) is 3.85. The molecule has 7 nitrogen and oxygen atoms in total. The Morgan fingerprint density at radius 1 is 1.16 bits per heavy atom.